The lowest BCUT2D eigenvalue weighted by atomic mass is 10.1. The smallest absolute Gasteiger partial charge is 0.0241 e. The minimum atomic E-state index is -1.76. The van der Waals surface area contributed by atoms with Crippen LogP contribution in [0.15, 0.2) is 0 Å². The summed E-state index contributed by atoms with van der Waals surface area (Å²) in [4.78, 5) is 0. The number of rotatable bonds is 5. The van der Waals surface area contributed by atoms with Gasteiger partial charge in [0.05, 0.1) is 0 Å². The average molecular weight is 243 g/mol. The Morgan fingerprint density at radius 2 is 2.22 bits per heavy atom. The van der Waals surface area contributed by atoms with Crippen molar-refractivity contribution < 1.29 is 4.11 Å². The van der Waals surface area contributed by atoms with Gasteiger partial charge in [0.25, 0.3) is 0 Å². The summed E-state index contributed by atoms with van der Waals surface area (Å²) in [6, 6.07) is 0. The van der Waals surface area contributed by atoms with Gasteiger partial charge < -0.3 is 0 Å². The van der Waals surface area contributed by atoms with Gasteiger partial charge in [-0.05, 0) is 6.42 Å². The van der Waals surface area contributed by atoms with Gasteiger partial charge in [0, 0.05) is 8.04 Å². The molecule has 0 aliphatic rings. The molecule has 0 aliphatic heterocycles. The van der Waals surface area contributed by atoms with Gasteiger partial charge in [-0.25, -0.2) is 0 Å². The molecule has 9 heavy (non-hydrogen) atoms. The van der Waals surface area contributed by atoms with E-state index >= 15 is 0 Å². The van der Waals surface area contributed by atoms with Crippen LogP contribution in [-0.2, 0) is 0 Å². The Labute approximate surface area is 76.8 Å². The molecular formula is C8H17I. The molecule has 0 N–H and O–H groups in total. The van der Waals surface area contributed by atoms with Crippen LogP contribution >= 0.6 is 22.6 Å². The van der Waals surface area contributed by atoms with Crippen LogP contribution in [-0.4, -0.2) is 3.92 Å². The molecular weight excluding hydrogens is 223 g/mol. The normalized spacial score (nSPS) is 20.0. The van der Waals surface area contributed by atoms with Gasteiger partial charge in [-0.2, -0.15) is 0 Å². The van der Waals surface area contributed by atoms with Crippen LogP contribution in [0.2, 0.25) is 0 Å². The maximum atomic E-state index is 7.14. The molecule has 0 radical (unpaired) electrons. The van der Waals surface area contributed by atoms with E-state index in [-0.39, 0.29) is 3.92 Å². The van der Waals surface area contributed by atoms with Crippen molar-refractivity contribution in [3.8, 4) is 0 Å². The van der Waals surface area contributed by atoms with Crippen LogP contribution in [0.4, 0.5) is 0 Å². The minimum Gasteiger partial charge on any atom is -0.0829 e. The van der Waals surface area contributed by atoms with Gasteiger partial charge in [0.1, 0.15) is 0 Å². The number of halogens is 1. The predicted molar refractivity (Wildman–Crippen MR) is 52.2 cm³/mol. The highest BCUT2D eigenvalue weighted by atomic mass is 127. The number of hydrogen-bond donors (Lipinski definition) is 0. The van der Waals surface area contributed by atoms with Gasteiger partial charge in [-0.3, -0.25) is 0 Å². The van der Waals surface area contributed by atoms with Crippen LogP contribution in [0.25, 0.3) is 0 Å². The molecule has 56 valence electrons. The van der Waals surface area contributed by atoms with E-state index in [1.165, 1.54) is 19.3 Å². The Hall–Kier alpha value is 0.730. The molecule has 0 aliphatic carbocycles. The van der Waals surface area contributed by atoms with Crippen LogP contribution < -0.4 is 0 Å². The first-order chi connectivity index (χ1) is 5.48. The minimum absolute atomic E-state index is 0.160. The molecule has 0 fully saturated rings. The molecule has 0 rings (SSSR count). The molecule has 1 atom stereocenters. The Bertz CT molecular complexity index is 111. The van der Waals surface area contributed by atoms with Gasteiger partial charge in [-0.1, -0.05) is 62.0 Å². The molecule has 0 nitrogen and oxygen atoms in total. The quantitative estimate of drug-likeness (QED) is 0.391. The Morgan fingerprint density at radius 1 is 1.44 bits per heavy atom. The molecule has 0 saturated heterocycles. The lowest BCUT2D eigenvalue weighted by molar-refractivity contribution is 0.637. The van der Waals surface area contributed by atoms with Crippen molar-refractivity contribution in [2.24, 2.45) is 0 Å². The van der Waals surface area contributed by atoms with Gasteiger partial charge in [0.15, 0.2) is 0 Å². The topological polar surface area (TPSA) is 0 Å². The summed E-state index contributed by atoms with van der Waals surface area (Å²) >= 11 is 2.04. The third-order valence-electron chi connectivity index (χ3n) is 1.31. The molecule has 0 spiro atoms. The maximum Gasteiger partial charge on any atom is 0.0241 e. The fourth-order valence-corrected chi connectivity index (χ4v) is 1.19. The molecule has 0 aromatic rings. The standard InChI is InChI=1S/C8H17I/c1-3-4-5-6-7-8(2)9/h8H,3-7H2,1-2H3/i2D3. The molecule has 0 saturated carbocycles. The molecule has 0 aromatic heterocycles. The summed E-state index contributed by atoms with van der Waals surface area (Å²) in [6.07, 6.45) is 5.49. The second-order valence-electron chi connectivity index (χ2n) is 2.32. The zero-order valence-corrected chi connectivity index (χ0v) is 8.15. The second kappa shape index (κ2) is 6.84. The SMILES string of the molecule is [2H]C([2H])([2H])C(I)CCCCCC. The molecule has 0 aromatic carbocycles. The van der Waals surface area contributed by atoms with Crippen molar-refractivity contribution in [1.82, 2.24) is 0 Å². The van der Waals surface area contributed by atoms with E-state index in [4.69, 9.17) is 4.11 Å². The highest BCUT2D eigenvalue weighted by Gasteiger charge is 1.93. The van der Waals surface area contributed by atoms with Gasteiger partial charge in [-0.15, -0.1) is 0 Å². The summed E-state index contributed by atoms with van der Waals surface area (Å²) in [6.45, 7) is 0.401. The molecule has 0 heterocycles. The predicted octanol–water partition coefficient (Wildman–Crippen LogP) is 3.78. The highest BCUT2D eigenvalue weighted by molar-refractivity contribution is 14.1. The first-order valence-electron chi connectivity index (χ1n) is 5.12. The summed E-state index contributed by atoms with van der Waals surface area (Å²) < 4.78 is 21.3. The zero-order chi connectivity index (χ0) is 9.61. The van der Waals surface area contributed by atoms with Crippen LogP contribution in [0, 0.1) is 0 Å². The van der Waals surface area contributed by atoms with Gasteiger partial charge in [0.2, 0.25) is 0 Å². The monoisotopic (exact) mass is 243 g/mol. The van der Waals surface area contributed by atoms with Gasteiger partial charge >= 0.3 is 0 Å². The fraction of sp³-hybridized carbons (Fsp3) is 1.00. The van der Waals surface area contributed by atoms with E-state index in [2.05, 4.69) is 6.92 Å². The molecule has 1 heteroatoms. The van der Waals surface area contributed by atoms with Crippen molar-refractivity contribution in [3.63, 3.8) is 0 Å². The van der Waals surface area contributed by atoms with E-state index in [0.717, 1.165) is 12.8 Å². The molecule has 0 bridgehead atoms. The van der Waals surface area contributed by atoms with E-state index in [1.54, 1.807) is 0 Å². The van der Waals surface area contributed by atoms with Crippen molar-refractivity contribution >= 4 is 22.6 Å². The van der Waals surface area contributed by atoms with E-state index < -0.39 is 6.85 Å². The third-order valence-corrected chi connectivity index (χ3v) is 1.93. The van der Waals surface area contributed by atoms with E-state index in [0.29, 0.717) is 0 Å². The van der Waals surface area contributed by atoms with Crippen LogP contribution in [0.1, 0.15) is 50.0 Å². The third kappa shape index (κ3) is 8.73. The largest absolute Gasteiger partial charge is 0.0829 e. The van der Waals surface area contributed by atoms with Crippen molar-refractivity contribution in [2.75, 3.05) is 0 Å². The second-order valence-corrected chi connectivity index (χ2v) is 3.82. The summed E-state index contributed by atoms with van der Waals surface area (Å²) in [5.74, 6) is 0. The van der Waals surface area contributed by atoms with Crippen molar-refractivity contribution in [1.29, 1.82) is 0 Å². The Kier molecular flexibility index (Phi) is 4.10. The Morgan fingerprint density at radius 3 is 2.78 bits per heavy atom. The van der Waals surface area contributed by atoms with Crippen LogP contribution in [0.3, 0.4) is 0 Å². The fourth-order valence-electron chi connectivity index (χ4n) is 0.750. The maximum absolute atomic E-state index is 7.14. The molecule has 1 unspecified atom stereocenters. The highest BCUT2D eigenvalue weighted by Crippen LogP contribution is 2.10. The first-order valence-corrected chi connectivity index (χ1v) is 4.87. The number of hydrogen-bond acceptors (Lipinski definition) is 0. The number of alkyl halides is 1. The molecule has 0 amide bonds. The number of unbranched alkanes of at least 4 members (excludes halogenated alkanes) is 3. The summed E-state index contributed by atoms with van der Waals surface area (Å²) in [5, 5.41) is 0. The van der Waals surface area contributed by atoms with Crippen molar-refractivity contribution in [2.45, 2.75) is 49.8 Å². The first kappa shape index (κ1) is 5.39. The summed E-state index contributed by atoms with van der Waals surface area (Å²) in [5.41, 5.74) is 0. The average Bonchev–Trinajstić information content (AvgIpc) is 1.96. The van der Waals surface area contributed by atoms with Crippen molar-refractivity contribution in [3.05, 3.63) is 0 Å². The van der Waals surface area contributed by atoms with E-state index in [9.17, 15) is 0 Å². The van der Waals surface area contributed by atoms with E-state index in [1.807, 2.05) is 22.6 Å². The Balaban J connectivity index is 3.38. The van der Waals surface area contributed by atoms with Crippen LogP contribution in [0.5, 0.6) is 0 Å². The lowest BCUT2D eigenvalue weighted by Gasteiger charge is -2.00. The zero-order valence-electron chi connectivity index (χ0n) is 8.99. The lowest BCUT2D eigenvalue weighted by Crippen LogP contribution is -1.88. The summed E-state index contributed by atoms with van der Waals surface area (Å²) in [7, 11) is 0.